The highest BCUT2D eigenvalue weighted by molar-refractivity contribution is 6.00. The van der Waals surface area contributed by atoms with Gasteiger partial charge in [-0.3, -0.25) is 10.1 Å². The van der Waals surface area contributed by atoms with E-state index in [1.165, 1.54) is 5.57 Å². The van der Waals surface area contributed by atoms with Gasteiger partial charge in [0.1, 0.15) is 0 Å². The second-order valence-electron chi connectivity index (χ2n) is 8.27. The Morgan fingerprint density at radius 1 is 1.21 bits per heavy atom. The molecule has 0 fully saturated rings. The quantitative estimate of drug-likeness (QED) is 0.290. The Labute approximate surface area is 198 Å². The first-order valence-electron chi connectivity index (χ1n) is 11.6. The Balaban J connectivity index is 1.57. The average Bonchev–Trinajstić information content (AvgIpc) is 3.63. The van der Waals surface area contributed by atoms with Crippen LogP contribution in [0.15, 0.2) is 79.3 Å². The van der Waals surface area contributed by atoms with Crippen molar-refractivity contribution in [3.05, 3.63) is 90.5 Å². The highest BCUT2D eigenvalue weighted by Gasteiger charge is 2.15. The smallest absolute Gasteiger partial charge is 0.181 e. The van der Waals surface area contributed by atoms with E-state index in [1.807, 2.05) is 31.6 Å². The first-order valence-corrected chi connectivity index (χ1v) is 11.6. The summed E-state index contributed by atoms with van der Waals surface area (Å²) in [7, 11) is 0. The lowest BCUT2D eigenvalue weighted by atomic mass is 10.0. The van der Waals surface area contributed by atoms with Gasteiger partial charge in [-0.05, 0) is 48.7 Å². The SMILES string of the molecule is C=C/C(=C\C(=C/C)c1cnc2n[nH]c(-c3cc4c(C5=CCC=C5)cncc4[nH]3)c2c1)CNCC. The first kappa shape index (κ1) is 21.8. The molecular weight excluding hydrogens is 420 g/mol. The van der Waals surface area contributed by atoms with Gasteiger partial charge in [-0.2, -0.15) is 5.10 Å². The number of hydrogen-bond acceptors (Lipinski definition) is 4. The minimum absolute atomic E-state index is 0.688. The number of aromatic nitrogens is 5. The monoisotopic (exact) mass is 448 g/mol. The van der Waals surface area contributed by atoms with Crippen LogP contribution in [0.5, 0.6) is 0 Å². The van der Waals surface area contributed by atoms with E-state index >= 15 is 0 Å². The van der Waals surface area contributed by atoms with Crippen LogP contribution in [0.3, 0.4) is 0 Å². The van der Waals surface area contributed by atoms with Crippen molar-refractivity contribution in [2.45, 2.75) is 20.3 Å². The van der Waals surface area contributed by atoms with Gasteiger partial charge in [0.2, 0.25) is 0 Å². The number of allylic oxidation sites excluding steroid dienone is 7. The highest BCUT2D eigenvalue weighted by Crippen LogP contribution is 2.33. The first-order chi connectivity index (χ1) is 16.7. The average molecular weight is 449 g/mol. The molecule has 0 bridgehead atoms. The van der Waals surface area contributed by atoms with E-state index in [-0.39, 0.29) is 0 Å². The van der Waals surface area contributed by atoms with Crippen molar-refractivity contribution in [3.63, 3.8) is 0 Å². The van der Waals surface area contributed by atoms with Gasteiger partial charge in [-0.15, -0.1) is 0 Å². The fraction of sp³-hybridized carbons (Fsp3) is 0.179. The largest absolute Gasteiger partial charge is 0.352 e. The van der Waals surface area contributed by atoms with Crippen LogP contribution in [0.4, 0.5) is 0 Å². The van der Waals surface area contributed by atoms with Gasteiger partial charge >= 0.3 is 0 Å². The predicted octanol–water partition coefficient (Wildman–Crippen LogP) is 5.97. The summed E-state index contributed by atoms with van der Waals surface area (Å²) in [6.45, 7) is 9.79. The molecule has 0 spiro atoms. The third-order valence-electron chi connectivity index (χ3n) is 6.13. The molecule has 0 amide bonds. The van der Waals surface area contributed by atoms with E-state index in [9.17, 15) is 0 Å². The Kier molecular flexibility index (Phi) is 6.06. The van der Waals surface area contributed by atoms with Crippen molar-refractivity contribution >= 4 is 33.1 Å². The minimum atomic E-state index is 0.688. The van der Waals surface area contributed by atoms with E-state index in [2.05, 4.69) is 86.5 Å². The summed E-state index contributed by atoms with van der Waals surface area (Å²) in [5.41, 5.74) is 9.17. The highest BCUT2D eigenvalue weighted by atomic mass is 15.2. The number of pyridine rings is 2. The molecule has 6 heteroatoms. The van der Waals surface area contributed by atoms with E-state index < -0.39 is 0 Å². The zero-order chi connectivity index (χ0) is 23.5. The third kappa shape index (κ3) is 4.04. The van der Waals surface area contributed by atoms with E-state index in [0.717, 1.165) is 69.5 Å². The maximum atomic E-state index is 4.63. The molecule has 3 N–H and O–H groups in total. The summed E-state index contributed by atoms with van der Waals surface area (Å²) < 4.78 is 0. The van der Waals surface area contributed by atoms with Crippen LogP contribution in [0.1, 0.15) is 31.4 Å². The number of nitrogens with zero attached hydrogens (tertiary/aromatic N) is 3. The minimum Gasteiger partial charge on any atom is -0.352 e. The van der Waals surface area contributed by atoms with Crippen LogP contribution >= 0.6 is 0 Å². The van der Waals surface area contributed by atoms with Gasteiger partial charge in [0.05, 0.1) is 23.1 Å². The number of nitrogens with one attached hydrogen (secondary N) is 3. The van der Waals surface area contributed by atoms with E-state index in [0.29, 0.717) is 5.65 Å². The Morgan fingerprint density at radius 3 is 2.88 bits per heavy atom. The van der Waals surface area contributed by atoms with Gasteiger partial charge in [0, 0.05) is 40.8 Å². The van der Waals surface area contributed by atoms with Crippen molar-refractivity contribution in [2.75, 3.05) is 13.1 Å². The molecule has 0 saturated carbocycles. The molecule has 0 aliphatic heterocycles. The van der Waals surface area contributed by atoms with Gasteiger partial charge in [-0.1, -0.05) is 50.0 Å². The zero-order valence-electron chi connectivity index (χ0n) is 19.5. The molecule has 0 saturated heterocycles. The molecule has 0 radical (unpaired) electrons. The molecule has 4 aromatic rings. The molecule has 4 heterocycles. The fourth-order valence-electron chi connectivity index (χ4n) is 4.32. The van der Waals surface area contributed by atoms with Crippen LogP contribution in [-0.4, -0.2) is 38.2 Å². The molecule has 170 valence electrons. The molecule has 4 aromatic heterocycles. The molecular formula is C28H28N6. The predicted molar refractivity (Wildman–Crippen MR) is 141 cm³/mol. The maximum Gasteiger partial charge on any atom is 0.181 e. The van der Waals surface area contributed by atoms with Crippen LogP contribution in [0, 0.1) is 0 Å². The van der Waals surface area contributed by atoms with Gasteiger partial charge < -0.3 is 10.3 Å². The van der Waals surface area contributed by atoms with Gasteiger partial charge in [0.15, 0.2) is 5.65 Å². The number of H-pyrrole nitrogens is 2. The lowest BCUT2D eigenvalue weighted by molar-refractivity contribution is 0.785. The molecule has 5 rings (SSSR count). The zero-order valence-corrected chi connectivity index (χ0v) is 19.5. The molecule has 0 unspecified atom stereocenters. The molecule has 0 aromatic carbocycles. The second-order valence-corrected chi connectivity index (χ2v) is 8.27. The summed E-state index contributed by atoms with van der Waals surface area (Å²) in [4.78, 5) is 12.6. The van der Waals surface area contributed by atoms with Crippen molar-refractivity contribution < 1.29 is 0 Å². The molecule has 1 aliphatic carbocycles. The summed E-state index contributed by atoms with van der Waals surface area (Å²) in [6, 6.07) is 4.32. The van der Waals surface area contributed by atoms with E-state index in [4.69, 9.17) is 0 Å². The third-order valence-corrected chi connectivity index (χ3v) is 6.13. The van der Waals surface area contributed by atoms with Crippen LogP contribution in [0.2, 0.25) is 0 Å². The van der Waals surface area contributed by atoms with Crippen molar-refractivity contribution in [2.24, 2.45) is 0 Å². The van der Waals surface area contributed by atoms with Crippen LogP contribution in [-0.2, 0) is 0 Å². The summed E-state index contributed by atoms with van der Waals surface area (Å²) >= 11 is 0. The Bertz CT molecular complexity index is 1490. The number of rotatable bonds is 8. The topological polar surface area (TPSA) is 82.3 Å². The molecule has 34 heavy (non-hydrogen) atoms. The van der Waals surface area contributed by atoms with E-state index in [1.54, 1.807) is 0 Å². The number of likely N-dealkylation sites (N-methyl/N-ethyl adjacent to an activating group) is 1. The number of aromatic amines is 2. The number of hydrogen-bond donors (Lipinski definition) is 3. The summed E-state index contributed by atoms with van der Waals surface area (Å²) in [5, 5.41) is 13.1. The van der Waals surface area contributed by atoms with Gasteiger partial charge in [-0.25, -0.2) is 4.98 Å². The molecule has 6 nitrogen and oxygen atoms in total. The van der Waals surface area contributed by atoms with Crippen molar-refractivity contribution in [1.82, 2.24) is 30.5 Å². The molecule has 1 aliphatic rings. The van der Waals surface area contributed by atoms with Crippen molar-refractivity contribution in [3.8, 4) is 11.4 Å². The molecule has 0 atom stereocenters. The summed E-state index contributed by atoms with van der Waals surface area (Å²) in [6.07, 6.45) is 19.3. The lowest BCUT2D eigenvalue weighted by Crippen LogP contribution is -2.15. The van der Waals surface area contributed by atoms with Crippen LogP contribution < -0.4 is 5.32 Å². The van der Waals surface area contributed by atoms with Crippen molar-refractivity contribution in [1.29, 1.82) is 0 Å². The fourth-order valence-corrected chi connectivity index (χ4v) is 4.32. The number of fused-ring (bicyclic) bond motifs is 2. The lowest BCUT2D eigenvalue weighted by Gasteiger charge is -2.07. The standard InChI is InChI=1S/C28H28N6/c1-4-18(14-29-6-3)11-19(5-2)21-12-23-27(33-34-28(23)31-15-21)25-13-22-24(20-9-7-8-10-20)16-30-17-26(22)32-25/h4-5,7,9-13,15-17,29,32H,1,6,8,14H2,2-3H3,(H,31,33,34)/b18-11+,19-5+. The normalized spacial score (nSPS) is 14.4. The summed E-state index contributed by atoms with van der Waals surface area (Å²) in [5.74, 6) is 0. The van der Waals surface area contributed by atoms with Gasteiger partial charge in [0.25, 0.3) is 0 Å². The Morgan fingerprint density at radius 2 is 2.12 bits per heavy atom. The second kappa shape index (κ2) is 9.45. The maximum absolute atomic E-state index is 4.63. The Hall–Kier alpha value is -4.03. The van der Waals surface area contributed by atoms with Crippen LogP contribution in [0.25, 0.3) is 44.5 Å².